The van der Waals surface area contributed by atoms with Gasteiger partial charge in [-0.15, -0.1) is 0 Å². The van der Waals surface area contributed by atoms with Crippen LogP contribution in [0.4, 0.5) is 11.4 Å². The van der Waals surface area contributed by atoms with Crippen LogP contribution in [0.25, 0.3) is 0 Å². The summed E-state index contributed by atoms with van der Waals surface area (Å²) in [6.07, 6.45) is 2.23. The Balaban J connectivity index is 1.48. The topological polar surface area (TPSA) is 77.4 Å². The largest absolute Gasteiger partial charge is 0.478 e. The van der Waals surface area contributed by atoms with Crippen LogP contribution in [0.3, 0.4) is 0 Å². The number of halogens is 1. The summed E-state index contributed by atoms with van der Waals surface area (Å²) >= 11 is 6.37. The van der Waals surface area contributed by atoms with E-state index in [1.54, 1.807) is 18.2 Å². The molecule has 2 fully saturated rings. The Kier molecular flexibility index (Phi) is 6.94. The monoisotopic (exact) mass is 442 g/mol. The van der Waals surface area contributed by atoms with Crippen molar-refractivity contribution >= 4 is 34.9 Å². The van der Waals surface area contributed by atoms with Gasteiger partial charge < -0.3 is 25.0 Å². The van der Waals surface area contributed by atoms with E-state index < -0.39 is 5.97 Å². The Bertz CT molecular complexity index is 938. The number of nitrogens with zero attached hydrogens (tertiary/aromatic N) is 3. The molecule has 2 saturated heterocycles. The number of carboxylic acids is 1. The van der Waals surface area contributed by atoms with Crippen molar-refractivity contribution in [1.29, 1.82) is 0 Å². The Morgan fingerprint density at radius 1 is 1.16 bits per heavy atom. The molecule has 0 aromatic heterocycles. The Labute approximate surface area is 187 Å². The molecule has 8 heteroatoms. The molecule has 2 heterocycles. The molecule has 7 nitrogen and oxygen atoms in total. The number of carboxylic acid groups (broad SMARTS) is 1. The van der Waals surface area contributed by atoms with Gasteiger partial charge in [-0.3, -0.25) is 4.99 Å². The van der Waals surface area contributed by atoms with Crippen molar-refractivity contribution < 1.29 is 14.6 Å². The molecular weight excluding hydrogens is 416 g/mol. The first-order valence-corrected chi connectivity index (χ1v) is 11.0. The predicted molar refractivity (Wildman–Crippen MR) is 124 cm³/mol. The van der Waals surface area contributed by atoms with E-state index in [-0.39, 0.29) is 11.7 Å². The fourth-order valence-corrected chi connectivity index (χ4v) is 4.18. The van der Waals surface area contributed by atoms with E-state index in [4.69, 9.17) is 21.3 Å². The standard InChI is InChI=1S/C23H27ClN4O3/c24-20-8-1-2-9-21(20)27-10-12-28(13-11-27)23(25-16-19-7-4-14-31-19)26-18-6-3-5-17(15-18)22(29)30/h1-3,5-6,8-9,15,19H,4,7,10-14,16H2,(H,25,26)(H,29,30)/t19-/m0/s1. The molecule has 2 aliphatic heterocycles. The van der Waals surface area contributed by atoms with E-state index in [1.807, 2.05) is 30.3 Å². The maximum absolute atomic E-state index is 11.3. The SMILES string of the molecule is O=C(O)c1cccc(NC(=NC[C@@H]2CCCO2)N2CCN(c3ccccc3Cl)CC2)c1. The number of hydrogen-bond donors (Lipinski definition) is 2. The van der Waals surface area contributed by atoms with Gasteiger partial charge >= 0.3 is 5.97 Å². The van der Waals surface area contributed by atoms with Gasteiger partial charge in [-0.05, 0) is 43.2 Å². The third-order valence-electron chi connectivity index (χ3n) is 5.61. The van der Waals surface area contributed by atoms with Crippen molar-refractivity contribution in [3.05, 3.63) is 59.1 Å². The maximum atomic E-state index is 11.3. The molecule has 31 heavy (non-hydrogen) atoms. The zero-order valence-electron chi connectivity index (χ0n) is 17.3. The van der Waals surface area contributed by atoms with Crippen LogP contribution in [0, 0.1) is 0 Å². The van der Waals surface area contributed by atoms with E-state index in [2.05, 4.69) is 15.1 Å². The van der Waals surface area contributed by atoms with Crippen molar-refractivity contribution in [3.63, 3.8) is 0 Å². The Morgan fingerprint density at radius 2 is 1.97 bits per heavy atom. The van der Waals surface area contributed by atoms with E-state index in [0.29, 0.717) is 12.2 Å². The van der Waals surface area contributed by atoms with E-state index >= 15 is 0 Å². The zero-order chi connectivity index (χ0) is 21.6. The first-order valence-electron chi connectivity index (χ1n) is 10.6. The second-order valence-corrected chi connectivity index (χ2v) is 8.14. The smallest absolute Gasteiger partial charge is 0.335 e. The lowest BCUT2D eigenvalue weighted by molar-refractivity contribution is 0.0697. The quantitative estimate of drug-likeness (QED) is 0.541. The lowest BCUT2D eigenvalue weighted by Crippen LogP contribution is -2.51. The van der Waals surface area contributed by atoms with Crippen LogP contribution in [0.2, 0.25) is 5.02 Å². The number of rotatable bonds is 5. The average molecular weight is 443 g/mol. The highest BCUT2D eigenvalue weighted by atomic mass is 35.5. The van der Waals surface area contributed by atoms with Crippen LogP contribution in [0.5, 0.6) is 0 Å². The highest BCUT2D eigenvalue weighted by Gasteiger charge is 2.23. The van der Waals surface area contributed by atoms with Gasteiger partial charge in [0.15, 0.2) is 5.96 Å². The lowest BCUT2D eigenvalue weighted by atomic mass is 10.2. The maximum Gasteiger partial charge on any atom is 0.335 e. The molecule has 0 bridgehead atoms. The first kappa shape index (κ1) is 21.5. The molecule has 4 rings (SSSR count). The van der Waals surface area contributed by atoms with E-state index in [9.17, 15) is 9.90 Å². The van der Waals surface area contributed by atoms with Crippen LogP contribution < -0.4 is 10.2 Å². The van der Waals surface area contributed by atoms with Gasteiger partial charge in [0, 0.05) is 38.5 Å². The van der Waals surface area contributed by atoms with Crippen LogP contribution in [0.1, 0.15) is 23.2 Å². The third-order valence-corrected chi connectivity index (χ3v) is 5.93. The number of piperazine rings is 1. The summed E-state index contributed by atoms with van der Waals surface area (Å²) < 4.78 is 5.73. The number of carbonyl (C=O) groups is 1. The molecule has 0 amide bonds. The number of anilines is 2. The molecule has 1 atom stereocenters. The van der Waals surface area contributed by atoms with E-state index in [1.165, 1.54) is 0 Å². The number of ether oxygens (including phenoxy) is 1. The molecule has 2 aromatic rings. The summed E-state index contributed by atoms with van der Waals surface area (Å²) in [5.74, 6) is -0.202. The Hall–Kier alpha value is -2.77. The first-order chi connectivity index (χ1) is 15.1. The van der Waals surface area contributed by atoms with Crippen molar-refractivity contribution in [1.82, 2.24) is 4.90 Å². The van der Waals surface area contributed by atoms with Gasteiger partial charge in [0.2, 0.25) is 0 Å². The normalized spacial score (nSPS) is 19.5. The molecule has 0 aliphatic carbocycles. The van der Waals surface area contributed by atoms with Gasteiger partial charge in [0.1, 0.15) is 0 Å². The fourth-order valence-electron chi connectivity index (χ4n) is 3.92. The average Bonchev–Trinajstić information content (AvgIpc) is 3.31. The molecule has 0 saturated carbocycles. The van der Waals surface area contributed by atoms with Crippen molar-refractivity contribution in [2.24, 2.45) is 4.99 Å². The number of aromatic carboxylic acids is 1. The van der Waals surface area contributed by atoms with Crippen molar-refractivity contribution in [2.45, 2.75) is 18.9 Å². The van der Waals surface area contributed by atoms with Crippen LogP contribution in [-0.2, 0) is 4.74 Å². The van der Waals surface area contributed by atoms with Gasteiger partial charge in [0.25, 0.3) is 0 Å². The minimum absolute atomic E-state index is 0.145. The third kappa shape index (κ3) is 5.48. The highest BCUT2D eigenvalue weighted by molar-refractivity contribution is 6.33. The summed E-state index contributed by atoms with van der Waals surface area (Å²) in [5, 5.41) is 13.4. The summed E-state index contributed by atoms with van der Waals surface area (Å²) in [6, 6.07) is 14.7. The second-order valence-electron chi connectivity index (χ2n) is 7.74. The van der Waals surface area contributed by atoms with Gasteiger partial charge in [0.05, 0.1) is 28.9 Å². The molecule has 164 valence electrons. The van der Waals surface area contributed by atoms with Crippen LogP contribution >= 0.6 is 11.6 Å². The molecular formula is C23H27ClN4O3. The fraction of sp³-hybridized carbons (Fsp3) is 0.391. The summed E-state index contributed by atoms with van der Waals surface area (Å²) in [7, 11) is 0. The minimum atomic E-state index is -0.949. The summed E-state index contributed by atoms with van der Waals surface area (Å²) in [5.41, 5.74) is 2.00. The number of benzene rings is 2. The number of guanidine groups is 1. The lowest BCUT2D eigenvalue weighted by Gasteiger charge is -2.38. The molecule has 2 aliphatic rings. The van der Waals surface area contributed by atoms with Crippen LogP contribution in [0.15, 0.2) is 53.5 Å². The van der Waals surface area contributed by atoms with E-state index in [0.717, 1.165) is 62.3 Å². The minimum Gasteiger partial charge on any atom is -0.478 e. The number of hydrogen-bond acceptors (Lipinski definition) is 4. The van der Waals surface area contributed by atoms with Gasteiger partial charge in [-0.1, -0.05) is 29.8 Å². The number of para-hydroxylation sites is 1. The van der Waals surface area contributed by atoms with Crippen molar-refractivity contribution in [3.8, 4) is 0 Å². The number of nitrogens with one attached hydrogen (secondary N) is 1. The molecule has 2 aromatic carbocycles. The molecule has 0 unspecified atom stereocenters. The number of aliphatic imine (C=N–C) groups is 1. The summed E-state index contributed by atoms with van der Waals surface area (Å²) in [6.45, 7) is 4.58. The Morgan fingerprint density at radius 3 is 2.68 bits per heavy atom. The predicted octanol–water partition coefficient (Wildman–Crippen LogP) is 3.81. The second kappa shape index (κ2) is 10.0. The highest BCUT2D eigenvalue weighted by Crippen LogP contribution is 2.26. The van der Waals surface area contributed by atoms with Gasteiger partial charge in [-0.25, -0.2) is 4.79 Å². The summed E-state index contributed by atoms with van der Waals surface area (Å²) in [4.78, 5) is 20.6. The van der Waals surface area contributed by atoms with Gasteiger partial charge in [-0.2, -0.15) is 0 Å². The molecule has 0 radical (unpaired) electrons. The molecule has 0 spiro atoms. The zero-order valence-corrected chi connectivity index (χ0v) is 18.1. The van der Waals surface area contributed by atoms with Crippen LogP contribution in [-0.4, -0.2) is 67.4 Å². The van der Waals surface area contributed by atoms with Crippen molar-refractivity contribution in [2.75, 3.05) is 49.5 Å². The molecule has 2 N–H and O–H groups in total.